The fraction of sp³-hybridized carbons (Fsp3) is 0.478. The van der Waals surface area contributed by atoms with Crippen LogP contribution >= 0.6 is 0 Å². The van der Waals surface area contributed by atoms with E-state index in [0.717, 1.165) is 24.2 Å². The molecule has 0 unspecified atom stereocenters. The van der Waals surface area contributed by atoms with Gasteiger partial charge in [-0.25, -0.2) is 0 Å². The minimum atomic E-state index is 0.834. The molecular formula is C46H64N2. The molecule has 4 N–H and O–H groups in total. The van der Waals surface area contributed by atoms with Gasteiger partial charge >= 0.3 is 0 Å². The van der Waals surface area contributed by atoms with Crippen LogP contribution in [-0.4, -0.2) is 0 Å². The molecule has 48 heavy (non-hydrogen) atoms. The van der Waals surface area contributed by atoms with Crippen molar-refractivity contribution in [1.82, 2.24) is 0 Å². The smallest absolute Gasteiger partial charge is 0.0314 e. The second kappa shape index (κ2) is 21.5. The molecule has 4 rings (SSSR count). The van der Waals surface area contributed by atoms with Crippen molar-refractivity contribution < 1.29 is 0 Å². The van der Waals surface area contributed by atoms with E-state index in [2.05, 4.69) is 74.5 Å². The Labute approximate surface area is 293 Å². The maximum Gasteiger partial charge on any atom is 0.0314 e. The Morgan fingerprint density at radius 3 is 0.896 bits per heavy atom. The molecular weight excluding hydrogens is 581 g/mol. The molecule has 2 nitrogen and oxygen atoms in total. The van der Waals surface area contributed by atoms with Crippen molar-refractivity contribution in [3.05, 3.63) is 129 Å². The molecule has 0 spiro atoms. The lowest BCUT2D eigenvalue weighted by Gasteiger charge is -2.10. The van der Waals surface area contributed by atoms with Gasteiger partial charge in [0.1, 0.15) is 0 Å². The summed E-state index contributed by atoms with van der Waals surface area (Å²) < 4.78 is 0. The maximum absolute atomic E-state index is 5.83. The van der Waals surface area contributed by atoms with Crippen LogP contribution in [0.1, 0.15) is 147 Å². The van der Waals surface area contributed by atoms with Gasteiger partial charge in [-0.1, -0.05) is 151 Å². The Morgan fingerprint density at radius 1 is 0.333 bits per heavy atom. The van der Waals surface area contributed by atoms with E-state index in [1.165, 1.54) is 160 Å². The van der Waals surface area contributed by atoms with Gasteiger partial charge in [0.2, 0.25) is 0 Å². The third-order valence-electron chi connectivity index (χ3n) is 10.2. The van der Waals surface area contributed by atoms with Gasteiger partial charge in [0.15, 0.2) is 0 Å². The van der Waals surface area contributed by atoms with E-state index in [0.29, 0.717) is 0 Å². The van der Waals surface area contributed by atoms with E-state index in [-0.39, 0.29) is 0 Å². The summed E-state index contributed by atoms with van der Waals surface area (Å²) in [7, 11) is 0. The van der Waals surface area contributed by atoms with Crippen LogP contribution in [0.3, 0.4) is 0 Å². The largest absolute Gasteiger partial charge is 0.399 e. The summed E-state index contributed by atoms with van der Waals surface area (Å²) in [4.78, 5) is 0. The first kappa shape index (κ1) is 37.3. The Morgan fingerprint density at radius 2 is 0.604 bits per heavy atom. The zero-order valence-electron chi connectivity index (χ0n) is 30.4. The summed E-state index contributed by atoms with van der Waals surface area (Å²) in [6.45, 7) is 4.51. The Bertz CT molecular complexity index is 1340. The van der Waals surface area contributed by atoms with E-state index in [4.69, 9.17) is 11.5 Å². The molecule has 2 heteroatoms. The van der Waals surface area contributed by atoms with Crippen LogP contribution in [0.4, 0.5) is 11.4 Å². The first-order chi connectivity index (χ1) is 23.5. The minimum Gasteiger partial charge on any atom is -0.399 e. The molecule has 0 saturated carbocycles. The standard InChI is InChI=1S/C46H64N2/c1-37-33-39(21-27-43(37)35-41-23-29-45(47)30-24-41)19-17-15-13-11-9-7-5-3-4-6-8-10-12-14-16-18-20-40-22-28-44(38(2)34-40)36-42-25-31-46(48)32-26-42/h21-34H,3-20,35-36,47-48H2,1-2H3. The summed E-state index contributed by atoms with van der Waals surface area (Å²) in [5, 5.41) is 0. The predicted octanol–water partition coefficient (Wildman–Crippen LogP) is 12.7. The molecule has 0 aromatic heterocycles. The third kappa shape index (κ3) is 14.3. The zero-order chi connectivity index (χ0) is 33.8. The van der Waals surface area contributed by atoms with Gasteiger partial charge in [0.05, 0.1) is 0 Å². The SMILES string of the molecule is Cc1cc(CCCCCCCCCCCCCCCCCCc2ccc(Cc3ccc(N)cc3)c(C)c2)ccc1Cc1ccc(N)cc1. The van der Waals surface area contributed by atoms with Gasteiger partial charge in [-0.05, 0) is 121 Å². The van der Waals surface area contributed by atoms with Crippen molar-refractivity contribution in [3.8, 4) is 0 Å². The van der Waals surface area contributed by atoms with Crippen molar-refractivity contribution in [3.63, 3.8) is 0 Å². The van der Waals surface area contributed by atoms with Gasteiger partial charge in [0.25, 0.3) is 0 Å². The normalized spacial score (nSPS) is 11.3. The van der Waals surface area contributed by atoms with Gasteiger partial charge in [-0.2, -0.15) is 0 Å². The Hall–Kier alpha value is -3.52. The molecule has 0 radical (unpaired) electrons. The number of aryl methyl sites for hydroxylation is 4. The van der Waals surface area contributed by atoms with Crippen LogP contribution in [0.5, 0.6) is 0 Å². The zero-order valence-corrected chi connectivity index (χ0v) is 30.4. The lowest BCUT2D eigenvalue weighted by Crippen LogP contribution is -1.95. The van der Waals surface area contributed by atoms with Crippen molar-refractivity contribution in [2.45, 2.75) is 142 Å². The lowest BCUT2D eigenvalue weighted by molar-refractivity contribution is 0.528. The van der Waals surface area contributed by atoms with Crippen LogP contribution < -0.4 is 11.5 Å². The highest BCUT2D eigenvalue weighted by Crippen LogP contribution is 2.21. The second-order valence-corrected chi connectivity index (χ2v) is 14.5. The third-order valence-corrected chi connectivity index (χ3v) is 10.2. The highest BCUT2D eigenvalue weighted by molar-refractivity contribution is 5.43. The molecule has 0 saturated heterocycles. The number of unbranched alkanes of at least 4 members (excludes halogenated alkanes) is 15. The molecule has 0 amide bonds. The average molecular weight is 645 g/mol. The summed E-state index contributed by atoms with van der Waals surface area (Å²) in [6.07, 6.45) is 26.8. The van der Waals surface area contributed by atoms with E-state index in [1.807, 2.05) is 24.3 Å². The highest BCUT2D eigenvalue weighted by atomic mass is 14.5. The van der Waals surface area contributed by atoms with Crippen LogP contribution in [0.15, 0.2) is 84.9 Å². The molecule has 0 aliphatic heterocycles. The van der Waals surface area contributed by atoms with Crippen molar-refractivity contribution >= 4 is 11.4 Å². The van der Waals surface area contributed by atoms with Gasteiger partial charge in [-0.15, -0.1) is 0 Å². The van der Waals surface area contributed by atoms with E-state index in [1.54, 1.807) is 0 Å². The maximum atomic E-state index is 5.83. The molecule has 0 aliphatic carbocycles. The molecule has 258 valence electrons. The lowest BCUT2D eigenvalue weighted by atomic mass is 9.96. The number of nitrogens with two attached hydrogens (primary N) is 2. The summed E-state index contributed by atoms with van der Waals surface area (Å²) in [6, 6.07) is 30.7. The topological polar surface area (TPSA) is 52.0 Å². The molecule has 0 heterocycles. The van der Waals surface area contributed by atoms with Gasteiger partial charge in [-0.3, -0.25) is 0 Å². The van der Waals surface area contributed by atoms with Crippen LogP contribution in [-0.2, 0) is 25.7 Å². The minimum absolute atomic E-state index is 0.834. The number of hydrogen-bond donors (Lipinski definition) is 2. The molecule has 0 bridgehead atoms. The fourth-order valence-electron chi connectivity index (χ4n) is 7.07. The fourth-order valence-corrected chi connectivity index (χ4v) is 7.07. The van der Waals surface area contributed by atoms with Gasteiger partial charge < -0.3 is 11.5 Å². The molecule has 0 aliphatic rings. The van der Waals surface area contributed by atoms with Crippen LogP contribution in [0, 0.1) is 13.8 Å². The predicted molar refractivity (Wildman–Crippen MR) is 211 cm³/mol. The Kier molecular flexibility index (Phi) is 16.7. The first-order valence-corrected chi connectivity index (χ1v) is 19.3. The summed E-state index contributed by atoms with van der Waals surface area (Å²) in [5.74, 6) is 0. The number of hydrogen-bond acceptors (Lipinski definition) is 2. The van der Waals surface area contributed by atoms with E-state index in [9.17, 15) is 0 Å². The Balaban J connectivity index is 0.904. The average Bonchev–Trinajstić information content (AvgIpc) is 3.08. The first-order valence-electron chi connectivity index (χ1n) is 19.3. The van der Waals surface area contributed by atoms with Gasteiger partial charge in [0, 0.05) is 11.4 Å². The second-order valence-electron chi connectivity index (χ2n) is 14.5. The number of anilines is 2. The van der Waals surface area contributed by atoms with Crippen LogP contribution in [0.25, 0.3) is 0 Å². The molecule has 4 aromatic carbocycles. The van der Waals surface area contributed by atoms with Crippen LogP contribution in [0.2, 0.25) is 0 Å². The highest BCUT2D eigenvalue weighted by Gasteiger charge is 2.05. The van der Waals surface area contributed by atoms with Crippen molar-refractivity contribution in [1.29, 1.82) is 0 Å². The molecule has 4 aromatic rings. The number of nitrogen functional groups attached to an aromatic ring is 2. The molecule has 0 atom stereocenters. The number of rotatable bonds is 23. The van der Waals surface area contributed by atoms with E-state index < -0.39 is 0 Å². The quantitative estimate of drug-likeness (QED) is 0.0623. The summed E-state index contributed by atoms with van der Waals surface area (Å²) >= 11 is 0. The van der Waals surface area contributed by atoms with Crippen molar-refractivity contribution in [2.24, 2.45) is 0 Å². The monoisotopic (exact) mass is 645 g/mol. The number of benzene rings is 4. The van der Waals surface area contributed by atoms with Crippen molar-refractivity contribution in [2.75, 3.05) is 11.5 Å². The van der Waals surface area contributed by atoms with E-state index >= 15 is 0 Å². The summed E-state index contributed by atoms with van der Waals surface area (Å²) in [5.41, 5.74) is 24.6. The molecule has 0 fully saturated rings.